The smallest absolute Gasteiger partial charge is 0.260 e. The van der Waals surface area contributed by atoms with Crippen LogP contribution in [0.2, 0.25) is 0 Å². The van der Waals surface area contributed by atoms with Crippen LogP contribution in [0.5, 0.6) is 5.75 Å². The van der Waals surface area contributed by atoms with E-state index in [0.29, 0.717) is 17.9 Å². The van der Waals surface area contributed by atoms with E-state index in [-0.39, 0.29) is 5.91 Å². The van der Waals surface area contributed by atoms with E-state index < -0.39 is 0 Å². The van der Waals surface area contributed by atoms with Crippen molar-refractivity contribution in [1.82, 2.24) is 0 Å². The Labute approximate surface area is 142 Å². The first-order chi connectivity index (χ1) is 11.6. The summed E-state index contributed by atoms with van der Waals surface area (Å²) < 4.78 is 5.70. The molecule has 0 unspecified atom stereocenters. The Kier molecular flexibility index (Phi) is 4.52. The zero-order chi connectivity index (χ0) is 17.1. The average molecular weight is 319 g/mol. The van der Waals surface area contributed by atoms with E-state index in [9.17, 15) is 4.79 Å². The van der Waals surface area contributed by atoms with Gasteiger partial charge in [-0.3, -0.25) is 4.79 Å². The third kappa shape index (κ3) is 2.98. The molecule has 0 fully saturated rings. The van der Waals surface area contributed by atoms with Crippen molar-refractivity contribution in [1.29, 1.82) is 0 Å². The molecule has 3 nitrogen and oxygen atoms in total. The van der Waals surface area contributed by atoms with Crippen LogP contribution in [0, 0.1) is 13.8 Å². The number of hydrogen-bond donors (Lipinski definition) is 1. The van der Waals surface area contributed by atoms with E-state index in [1.807, 2.05) is 75.4 Å². The van der Waals surface area contributed by atoms with Gasteiger partial charge in [0.25, 0.3) is 5.91 Å². The lowest BCUT2D eigenvalue weighted by atomic mass is 10.0. The highest BCUT2D eigenvalue weighted by Gasteiger charge is 2.17. The first kappa shape index (κ1) is 16.1. The van der Waals surface area contributed by atoms with Gasteiger partial charge >= 0.3 is 0 Å². The third-order valence-corrected chi connectivity index (χ3v) is 4.27. The van der Waals surface area contributed by atoms with Crippen LogP contribution in [0.25, 0.3) is 10.8 Å². The maximum atomic E-state index is 13.0. The number of carbonyl (C=O) groups is 1. The van der Waals surface area contributed by atoms with Crippen LogP contribution >= 0.6 is 0 Å². The lowest BCUT2D eigenvalue weighted by Gasteiger charge is -2.15. The molecule has 3 rings (SSSR count). The Morgan fingerprint density at radius 3 is 2.58 bits per heavy atom. The third-order valence-electron chi connectivity index (χ3n) is 4.27. The van der Waals surface area contributed by atoms with Crippen molar-refractivity contribution in [3.05, 3.63) is 71.3 Å². The average Bonchev–Trinajstić information content (AvgIpc) is 2.59. The summed E-state index contributed by atoms with van der Waals surface area (Å²) in [7, 11) is 0. The minimum absolute atomic E-state index is 0.149. The van der Waals surface area contributed by atoms with Gasteiger partial charge < -0.3 is 10.1 Å². The standard InChI is InChI=1S/C21H21NO2/c1-4-24-19-13-12-16-9-5-6-10-17(16)20(19)21(23)22-18-11-7-8-14(2)15(18)3/h5-13H,4H2,1-3H3,(H,22,23). The normalized spacial score (nSPS) is 10.6. The van der Waals surface area contributed by atoms with Crippen molar-refractivity contribution in [2.75, 3.05) is 11.9 Å². The van der Waals surface area contributed by atoms with Crippen LogP contribution < -0.4 is 10.1 Å². The fraction of sp³-hybridized carbons (Fsp3) is 0.190. The monoisotopic (exact) mass is 319 g/mol. The van der Waals surface area contributed by atoms with E-state index in [2.05, 4.69) is 5.32 Å². The summed E-state index contributed by atoms with van der Waals surface area (Å²) in [5, 5.41) is 4.95. The van der Waals surface area contributed by atoms with Crippen molar-refractivity contribution in [3.8, 4) is 5.75 Å². The second-order valence-corrected chi connectivity index (χ2v) is 5.79. The molecule has 0 bridgehead atoms. The van der Waals surface area contributed by atoms with E-state index >= 15 is 0 Å². The summed E-state index contributed by atoms with van der Waals surface area (Å²) in [4.78, 5) is 13.0. The maximum Gasteiger partial charge on any atom is 0.260 e. The number of amides is 1. The highest BCUT2D eigenvalue weighted by atomic mass is 16.5. The molecule has 3 heteroatoms. The number of hydrogen-bond acceptors (Lipinski definition) is 2. The Morgan fingerprint density at radius 1 is 1.00 bits per heavy atom. The molecule has 1 amide bonds. The zero-order valence-corrected chi connectivity index (χ0v) is 14.2. The molecule has 1 N–H and O–H groups in total. The Morgan fingerprint density at radius 2 is 1.79 bits per heavy atom. The van der Waals surface area contributed by atoms with Crippen molar-refractivity contribution in [2.24, 2.45) is 0 Å². The van der Waals surface area contributed by atoms with Crippen LogP contribution in [0.15, 0.2) is 54.6 Å². The summed E-state index contributed by atoms with van der Waals surface area (Å²) in [5.41, 5.74) is 3.63. The van der Waals surface area contributed by atoms with Gasteiger partial charge in [-0.2, -0.15) is 0 Å². The molecule has 0 spiro atoms. The summed E-state index contributed by atoms with van der Waals surface area (Å²) in [5.74, 6) is 0.461. The minimum atomic E-state index is -0.149. The van der Waals surface area contributed by atoms with E-state index in [4.69, 9.17) is 4.74 Å². The zero-order valence-electron chi connectivity index (χ0n) is 14.2. The van der Waals surface area contributed by atoms with Gasteiger partial charge in [-0.25, -0.2) is 0 Å². The highest BCUT2D eigenvalue weighted by Crippen LogP contribution is 2.29. The molecule has 0 aliphatic heterocycles. The summed E-state index contributed by atoms with van der Waals surface area (Å²) in [6.07, 6.45) is 0. The first-order valence-corrected chi connectivity index (χ1v) is 8.14. The SMILES string of the molecule is CCOc1ccc2ccccc2c1C(=O)Nc1cccc(C)c1C. The number of nitrogens with one attached hydrogen (secondary N) is 1. The molecule has 0 heterocycles. The Balaban J connectivity index is 2.08. The van der Waals surface area contributed by atoms with Gasteiger partial charge in [0.2, 0.25) is 0 Å². The van der Waals surface area contributed by atoms with E-state index in [1.165, 1.54) is 0 Å². The van der Waals surface area contributed by atoms with Gasteiger partial charge in [-0.15, -0.1) is 0 Å². The van der Waals surface area contributed by atoms with Crippen LogP contribution in [0.3, 0.4) is 0 Å². The topological polar surface area (TPSA) is 38.3 Å². The first-order valence-electron chi connectivity index (χ1n) is 8.14. The quantitative estimate of drug-likeness (QED) is 0.726. The number of benzene rings is 3. The molecule has 0 radical (unpaired) electrons. The minimum Gasteiger partial charge on any atom is -0.493 e. The molecule has 0 aliphatic rings. The van der Waals surface area contributed by atoms with Crippen LogP contribution in [0.4, 0.5) is 5.69 Å². The van der Waals surface area contributed by atoms with Crippen molar-refractivity contribution < 1.29 is 9.53 Å². The Hall–Kier alpha value is -2.81. The van der Waals surface area contributed by atoms with Crippen molar-refractivity contribution in [2.45, 2.75) is 20.8 Å². The van der Waals surface area contributed by atoms with Gasteiger partial charge in [-0.05, 0) is 54.8 Å². The van der Waals surface area contributed by atoms with Gasteiger partial charge in [0.1, 0.15) is 5.75 Å². The molecule has 122 valence electrons. The second kappa shape index (κ2) is 6.75. The maximum absolute atomic E-state index is 13.0. The fourth-order valence-electron chi connectivity index (χ4n) is 2.83. The van der Waals surface area contributed by atoms with Gasteiger partial charge in [0.15, 0.2) is 0 Å². The summed E-state index contributed by atoms with van der Waals surface area (Å²) in [6.45, 7) is 6.48. The van der Waals surface area contributed by atoms with E-state index in [0.717, 1.165) is 27.6 Å². The number of carbonyl (C=O) groups excluding carboxylic acids is 1. The molecule has 24 heavy (non-hydrogen) atoms. The fourth-order valence-corrected chi connectivity index (χ4v) is 2.83. The molecule has 3 aromatic carbocycles. The molecule has 0 aliphatic carbocycles. The second-order valence-electron chi connectivity index (χ2n) is 5.79. The molecular formula is C21H21NO2. The predicted molar refractivity (Wildman–Crippen MR) is 99.0 cm³/mol. The molecule has 0 atom stereocenters. The van der Waals surface area contributed by atoms with Crippen LogP contribution in [-0.2, 0) is 0 Å². The number of aryl methyl sites for hydroxylation is 1. The predicted octanol–water partition coefficient (Wildman–Crippen LogP) is 5.11. The Bertz CT molecular complexity index is 899. The lowest BCUT2D eigenvalue weighted by molar-refractivity contribution is 0.102. The summed E-state index contributed by atoms with van der Waals surface area (Å²) in [6, 6.07) is 17.6. The van der Waals surface area contributed by atoms with Crippen LogP contribution in [0.1, 0.15) is 28.4 Å². The van der Waals surface area contributed by atoms with Crippen LogP contribution in [-0.4, -0.2) is 12.5 Å². The molecule has 0 aromatic heterocycles. The highest BCUT2D eigenvalue weighted by molar-refractivity contribution is 6.15. The number of rotatable bonds is 4. The molecule has 0 saturated carbocycles. The number of anilines is 1. The lowest BCUT2D eigenvalue weighted by Crippen LogP contribution is -2.15. The van der Waals surface area contributed by atoms with Gasteiger partial charge in [-0.1, -0.05) is 42.5 Å². The summed E-state index contributed by atoms with van der Waals surface area (Å²) >= 11 is 0. The molecular weight excluding hydrogens is 298 g/mol. The van der Waals surface area contributed by atoms with Crippen molar-refractivity contribution in [3.63, 3.8) is 0 Å². The van der Waals surface area contributed by atoms with Gasteiger partial charge in [0, 0.05) is 5.69 Å². The molecule has 3 aromatic rings. The molecule has 0 saturated heterocycles. The van der Waals surface area contributed by atoms with E-state index in [1.54, 1.807) is 0 Å². The van der Waals surface area contributed by atoms with Gasteiger partial charge in [0.05, 0.1) is 12.2 Å². The number of ether oxygens (including phenoxy) is 1. The van der Waals surface area contributed by atoms with Crippen molar-refractivity contribution >= 4 is 22.4 Å². The largest absolute Gasteiger partial charge is 0.493 e. The number of fused-ring (bicyclic) bond motifs is 1.